The number of carbonyl (C=O) groups is 1. The summed E-state index contributed by atoms with van der Waals surface area (Å²) in [7, 11) is 0. The molecule has 0 fully saturated rings. The summed E-state index contributed by atoms with van der Waals surface area (Å²) in [6.45, 7) is 0.193. The molecule has 1 amide bonds. The van der Waals surface area contributed by atoms with Gasteiger partial charge >= 0.3 is 0 Å². The van der Waals surface area contributed by atoms with Crippen molar-refractivity contribution in [3.8, 4) is 0 Å². The molecule has 1 heterocycles. The maximum Gasteiger partial charge on any atom is 0.251 e. The normalized spacial score (nSPS) is 12.1. The van der Waals surface area contributed by atoms with Crippen molar-refractivity contribution in [3.63, 3.8) is 0 Å². The second-order valence-electron chi connectivity index (χ2n) is 3.79. The molecule has 2 N–H and O–H groups in total. The summed E-state index contributed by atoms with van der Waals surface area (Å²) in [4.78, 5) is 11.8. The van der Waals surface area contributed by atoms with E-state index in [0.29, 0.717) is 10.6 Å². The van der Waals surface area contributed by atoms with Crippen molar-refractivity contribution in [2.45, 2.75) is 6.10 Å². The molecule has 0 aliphatic heterocycles. The molecule has 94 valence electrons. The van der Waals surface area contributed by atoms with Crippen molar-refractivity contribution in [1.29, 1.82) is 0 Å². The molecule has 1 aromatic heterocycles. The molecule has 2 aromatic rings. The van der Waals surface area contributed by atoms with Crippen LogP contribution in [-0.2, 0) is 0 Å². The molecule has 2 rings (SSSR count). The zero-order valence-corrected chi connectivity index (χ0v) is 11.0. The largest absolute Gasteiger partial charge is 0.387 e. The van der Waals surface area contributed by atoms with Crippen molar-refractivity contribution in [3.05, 3.63) is 57.2 Å². The van der Waals surface area contributed by atoms with Gasteiger partial charge in [-0.25, -0.2) is 0 Å². The second kappa shape index (κ2) is 6.00. The van der Waals surface area contributed by atoms with E-state index in [9.17, 15) is 9.90 Å². The Morgan fingerprint density at radius 1 is 1.33 bits per heavy atom. The number of nitrogens with one attached hydrogen (secondary N) is 1. The molecule has 18 heavy (non-hydrogen) atoms. The minimum atomic E-state index is -0.674. The number of carbonyl (C=O) groups excluding carboxylic acids is 1. The molecule has 0 aliphatic rings. The van der Waals surface area contributed by atoms with Gasteiger partial charge in [0.2, 0.25) is 0 Å². The molecule has 0 saturated carbocycles. The highest BCUT2D eigenvalue weighted by Crippen LogP contribution is 2.15. The lowest BCUT2D eigenvalue weighted by Crippen LogP contribution is -2.28. The predicted octanol–water partition coefficient (Wildman–Crippen LogP) is 2.86. The molecular formula is C13H12ClNO2S. The van der Waals surface area contributed by atoms with E-state index in [1.54, 1.807) is 24.3 Å². The average molecular weight is 282 g/mol. The van der Waals surface area contributed by atoms with Crippen LogP contribution in [0.4, 0.5) is 0 Å². The maximum atomic E-state index is 11.8. The highest BCUT2D eigenvalue weighted by atomic mass is 35.5. The predicted molar refractivity (Wildman–Crippen MR) is 73.1 cm³/mol. The second-order valence-corrected chi connectivity index (χ2v) is 5.01. The molecule has 1 atom stereocenters. The van der Waals surface area contributed by atoms with Crippen LogP contribution >= 0.6 is 22.9 Å². The van der Waals surface area contributed by atoms with E-state index in [1.165, 1.54) is 11.3 Å². The quantitative estimate of drug-likeness (QED) is 0.905. The topological polar surface area (TPSA) is 49.3 Å². The van der Waals surface area contributed by atoms with E-state index >= 15 is 0 Å². The first-order valence-electron chi connectivity index (χ1n) is 5.41. The summed E-state index contributed by atoms with van der Waals surface area (Å²) in [5.74, 6) is -0.221. The van der Waals surface area contributed by atoms with Crippen LogP contribution in [0.15, 0.2) is 41.1 Å². The van der Waals surface area contributed by atoms with Crippen LogP contribution in [0.5, 0.6) is 0 Å². The number of hydrogen-bond acceptors (Lipinski definition) is 3. The van der Waals surface area contributed by atoms with Gasteiger partial charge in [-0.15, -0.1) is 0 Å². The first kappa shape index (κ1) is 13.1. The fraction of sp³-hybridized carbons (Fsp3) is 0.154. The van der Waals surface area contributed by atoms with Crippen molar-refractivity contribution < 1.29 is 9.90 Å². The van der Waals surface area contributed by atoms with Crippen LogP contribution in [-0.4, -0.2) is 17.6 Å². The number of hydrogen-bond donors (Lipinski definition) is 2. The number of benzene rings is 1. The highest BCUT2D eigenvalue weighted by molar-refractivity contribution is 7.07. The molecule has 1 unspecified atom stereocenters. The first-order chi connectivity index (χ1) is 8.66. The van der Waals surface area contributed by atoms with Gasteiger partial charge in [-0.1, -0.05) is 11.6 Å². The summed E-state index contributed by atoms with van der Waals surface area (Å²) >= 11 is 7.25. The Labute approximate surface area is 114 Å². The molecule has 0 saturated heterocycles. The SMILES string of the molecule is O=C(NCC(O)c1ccsc1)c1ccc(Cl)cc1. The molecule has 1 aromatic carbocycles. The van der Waals surface area contributed by atoms with E-state index in [1.807, 2.05) is 16.8 Å². The number of halogens is 1. The fourth-order valence-electron chi connectivity index (χ4n) is 1.48. The Hall–Kier alpha value is -1.36. The van der Waals surface area contributed by atoms with Gasteiger partial charge in [-0.3, -0.25) is 4.79 Å². The first-order valence-corrected chi connectivity index (χ1v) is 6.73. The van der Waals surface area contributed by atoms with Gasteiger partial charge in [0.05, 0.1) is 6.10 Å². The molecule has 0 spiro atoms. The van der Waals surface area contributed by atoms with Gasteiger partial charge in [0.25, 0.3) is 5.91 Å². The van der Waals surface area contributed by atoms with Crippen LogP contribution in [0.2, 0.25) is 5.02 Å². The van der Waals surface area contributed by atoms with Gasteiger partial charge < -0.3 is 10.4 Å². The molecule has 0 aliphatic carbocycles. The van der Waals surface area contributed by atoms with Gasteiger partial charge in [-0.2, -0.15) is 11.3 Å². The van der Waals surface area contributed by atoms with Crippen molar-refractivity contribution in [2.75, 3.05) is 6.54 Å². The number of rotatable bonds is 4. The van der Waals surface area contributed by atoms with Crippen molar-refractivity contribution in [2.24, 2.45) is 0 Å². The summed E-state index contributed by atoms with van der Waals surface area (Å²) in [5, 5.41) is 16.8. The smallest absolute Gasteiger partial charge is 0.251 e. The third-order valence-electron chi connectivity index (χ3n) is 2.49. The van der Waals surface area contributed by atoms with Gasteiger partial charge in [0, 0.05) is 17.1 Å². The minimum Gasteiger partial charge on any atom is -0.387 e. The Balaban J connectivity index is 1.90. The summed E-state index contributed by atoms with van der Waals surface area (Å²) < 4.78 is 0. The molecule has 0 bridgehead atoms. The standard InChI is InChI=1S/C13H12ClNO2S/c14-11-3-1-9(2-4-11)13(17)15-7-12(16)10-5-6-18-8-10/h1-6,8,12,16H,7H2,(H,15,17). The molecule has 3 nitrogen and oxygen atoms in total. The minimum absolute atomic E-state index is 0.193. The summed E-state index contributed by atoms with van der Waals surface area (Å²) in [6, 6.07) is 8.45. The number of aliphatic hydroxyl groups excluding tert-OH is 1. The average Bonchev–Trinajstić information content (AvgIpc) is 2.90. The van der Waals surface area contributed by atoms with Crippen molar-refractivity contribution >= 4 is 28.8 Å². The molecule has 5 heteroatoms. The van der Waals surface area contributed by atoms with Crippen LogP contribution in [0.1, 0.15) is 22.0 Å². The summed E-state index contributed by atoms with van der Waals surface area (Å²) in [6.07, 6.45) is -0.674. The van der Waals surface area contributed by atoms with Gasteiger partial charge in [0.1, 0.15) is 0 Å². The molecular weight excluding hydrogens is 270 g/mol. The lowest BCUT2D eigenvalue weighted by molar-refractivity contribution is 0.0916. The van der Waals surface area contributed by atoms with Crippen molar-refractivity contribution in [1.82, 2.24) is 5.32 Å². The van der Waals surface area contributed by atoms with Crippen LogP contribution in [0, 0.1) is 0 Å². The van der Waals surface area contributed by atoms with Crippen LogP contribution in [0.3, 0.4) is 0 Å². The molecule has 0 radical (unpaired) electrons. The van der Waals surface area contributed by atoms with Gasteiger partial charge in [0.15, 0.2) is 0 Å². The van der Waals surface area contributed by atoms with Crippen LogP contribution < -0.4 is 5.32 Å². The number of thiophene rings is 1. The Kier molecular flexibility index (Phi) is 4.36. The Morgan fingerprint density at radius 3 is 2.67 bits per heavy atom. The zero-order chi connectivity index (χ0) is 13.0. The number of amides is 1. The van der Waals surface area contributed by atoms with E-state index < -0.39 is 6.10 Å². The highest BCUT2D eigenvalue weighted by Gasteiger charge is 2.10. The lowest BCUT2D eigenvalue weighted by atomic mass is 10.2. The van der Waals surface area contributed by atoms with E-state index in [0.717, 1.165) is 5.56 Å². The number of aliphatic hydroxyl groups is 1. The van der Waals surface area contributed by atoms with E-state index in [4.69, 9.17) is 11.6 Å². The Bertz CT molecular complexity index is 510. The van der Waals surface area contributed by atoms with E-state index in [2.05, 4.69) is 5.32 Å². The fourth-order valence-corrected chi connectivity index (χ4v) is 2.31. The lowest BCUT2D eigenvalue weighted by Gasteiger charge is -2.10. The third kappa shape index (κ3) is 3.32. The Morgan fingerprint density at radius 2 is 2.06 bits per heavy atom. The monoisotopic (exact) mass is 281 g/mol. The van der Waals surface area contributed by atoms with Gasteiger partial charge in [-0.05, 0) is 46.7 Å². The third-order valence-corrected chi connectivity index (χ3v) is 3.44. The summed E-state index contributed by atoms with van der Waals surface area (Å²) in [5.41, 5.74) is 1.34. The van der Waals surface area contributed by atoms with Crippen LogP contribution in [0.25, 0.3) is 0 Å². The zero-order valence-electron chi connectivity index (χ0n) is 9.47. The van der Waals surface area contributed by atoms with E-state index in [-0.39, 0.29) is 12.5 Å². The maximum absolute atomic E-state index is 11.8.